The molecule has 0 unspecified atom stereocenters. The molecule has 0 amide bonds. The summed E-state index contributed by atoms with van der Waals surface area (Å²) in [5.74, 6) is 1.05. The Labute approximate surface area is 108 Å². The standard InChI is InChI=1S/C9H9Cl2N5O/c1-16-5(3-17-2)14-9(15-16)6-7(10)12-4-13-8(6)11/h4H,3H2,1-2H3. The fourth-order valence-corrected chi connectivity index (χ4v) is 1.79. The molecule has 0 saturated heterocycles. The molecule has 6 nitrogen and oxygen atoms in total. The highest BCUT2D eigenvalue weighted by molar-refractivity contribution is 6.37. The first kappa shape index (κ1) is 12.2. The fraction of sp³-hybridized carbons (Fsp3) is 0.333. The fourth-order valence-electron chi connectivity index (χ4n) is 1.31. The van der Waals surface area contributed by atoms with Gasteiger partial charge < -0.3 is 4.74 Å². The molecule has 17 heavy (non-hydrogen) atoms. The Bertz CT molecular complexity index is 522. The second-order valence-electron chi connectivity index (χ2n) is 3.24. The molecule has 0 spiro atoms. The van der Waals surface area contributed by atoms with E-state index in [-0.39, 0.29) is 10.3 Å². The van der Waals surface area contributed by atoms with E-state index in [4.69, 9.17) is 27.9 Å². The molecule has 0 aliphatic rings. The topological polar surface area (TPSA) is 65.7 Å². The van der Waals surface area contributed by atoms with Crippen LogP contribution in [-0.4, -0.2) is 31.8 Å². The van der Waals surface area contributed by atoms with E-state index in [1.807, 2.05) is 0 Å². The second-order valence-corrected chi connectivity index (χ2v) is 3.95. The summed E-state index contributed by atoms with van der Waals surface area (Å²) in [5, 5.41) is 4.64. The summed E-state index contributed by atoms with van der Waals surface area (Å²) in [4.78, 5) is 12.0. The van der Waals surface area contributed by atoms with Crippen LogP contribution < -0.4 is 0 Å². The van der Waals surface area contributed by atoms with Crippen molar-refractivity contribution < 1.29 is 4.74 Å². The van der Waals surface area contributed by atoms with E-state index in [1.165, 1.54) is 6.33 Å². The van der Waals surface area contributed by atoms with E-state index in [2.05, 4.69) is 20.1 Å². The third-order valence-corrected chi connectivity index (χ3v) is 2.68. The quantitative estimate of drug-likeness (QED) is 0.797. The average Bonchev–Trinajstić information content (AvgIpc) is 2.60. The van der Waals surface area contributed by atoms with Gasteiger partial charge in [-0.05, 0) is 0 Å². The first-order chi connectivity index (χ1) is 8.13. The van der Waals surface area contributed by atoms with Gasteiger partial charge >= 0.3 is 0 Å². The average molecular weight is 274 g/mol. The van der Waals surface area contributed by atoms with Crippen LogP contribution in [0.25, 0.3) is 11.4 Å². The molecule has 0 bridgehead atoms. The van der Waals surface area contributed by atoms with Crippen molar-refractivity contribution >= 4 is 23.2 Å². The molecule has 2 rings (SSSR count). The summed E-state index contributed by atoms with van der Waals surface area (Å²) in [5.41, 5.74) is 0.425. The largest absolute Gasteiger partial charge is 0.377 e. The van der Waals surface area contributed by atoms with Crippen LogP contribution in [0.1, 0.15) is 5.82 Å². The van der Waals surface area contributed by atoms with Gasteiger partial charge in [-0.1, -0.05) is 23.2 Å². The zero-order valence-corrected chi connectivity index (χ0v) is 10.7. The van der Waals surface area contributed by atoms with E-state index >= 15 is 0 Å². The minimum Gasteiger partial charge on any atom is -0.377 e. The van der Waals surface area contributed by atoms with Gasteiger partial charge in [0, 0.05) is 14.2 Å². The van der Waals surface area contributed by atoms with Crippen LogP contribution in [0.4, 0.5) is 0 Å². The highest BCUT2D eigenvalue weighted by Crippen LogP contribution is 2.29. The highest BCUT2D eigenvalue weighted by Gasteiger charge is 2.17. The summed E-state index contributed by atoms with van der Waals surface area (Å²) in [6.45, 7) is 0.354. The minimum atomic E-state index is 0.222. The van der Waals surface area contributed by atoms with Crippen LogP contribution in [0.3, 0.4) is 0 Å². The van der Waals surface area contributed by atoms with Gasteiger partial charge in [0.2, 0.25) is 0 Å². The third-order valence-electron chi connectivity index (χ3n) is 2.11. The van der Waals surface area contributed by atoms with Crippen molar-refractivity contribution in [2.45, 2.75) is 6.61 Å². The first-order valence-electron chi connectivity index (χ1n) is 4.68. The summed E-state index contributed by atoms with van der Waals surface area (Å²) in [6.07, 6.45) is 1.28. The summed E-state index contributed by atoms with van der Waals surface area (Å²) in [7, 11) is 3.34. The van der Waals surface area contributed by atoms with Crippen molar-refractivity contribution in [3.63, 3.8) is 0 Å². The molecule has 8 heteroatoms. The Balaban J connectivity index is 2.50. The molecule has 0 aliphatic carbocycles. The predicted octanol–water partition coefficient (Wildman–Crippen LogP) is 1.73. The molecule has 0 aliphatic heterocycles. The molecule has 0 atom stereocenters. The van der Waals surface area contributed by atoms with Gasteiger partial charge in [0.05, 0.1) is 5.56 Å². The van der Waals surface area contributed by atoms with E-state index < -0.39 is 0 Å². The molecule has 0 aromatic carbocycles. The maximum Gasteiger partial charge on any atom is 0.187 e. The molecular formula is C9H9Cl2N5O. The Kier molecular flexibility index (Phi) is 3.56. The predicted molar refractivity (Wildman–Crippen MR) is 62.8 cm³/mol. The lowest BCUT2D eigenvalue weighted by molar-refractivity contribution is 0.174. The van der Waals surface area contributed by atoms with Crippen molar-refractivity contribution in [3.8, 4) is 11.4 Å². The first-order valence-corrected chi connectivity index (χ1v) is 5.44. The Morgan fingerprint density at radius 1 is 1.29 bits per heavy atom. The van der Waals surface area contributed by atoms with Crippen molar-refractivity contribution in [1.82, 2.24) is 24.7 Å². The number of ether oxygens (including phenoxy) is 1. The number of nitrogens with zero attached hydrogens (tertiary/aromatic N) is 5. The molecule has 0 N–H and O–H groups in total. The highest BCUT2D eigenvalue weighted by atomic mass is 35.5. The number of rotatable bonds is 3. The number of aromatic nitrogens is 5. The Morgan fingerprint density at radius 3 is 2.53 bits per heavy atom. The molecular weight excluding hydrogens is 265 g/mol. The molecule has 2 aromatic rings. The van der Waals surface area contributed by atoms with Crippen LogP contribution in [0.5, 0.6) is 0 Å². The smallest absolute Gasteiger partial charge is 0.187 e. The van der Waals surface area contributed by atoms with Gasteiger partial charge in [0.1, 0.15) is 23.2 Å². The van der Waals surface area contributed by atoms with E-state index in [9.17, 15) is 0 Å². The minimum absolute atomic E-state index is 0.222. The van der Waals surface area contributed by atoms with Crippen LogP contribution in [-0.2, 0) is 18.4 Å². The SMILES string of the molecule is COCc1nc(-c2c(Cl)ncnc2Cl)nn1C. The van der Waals surface area contributed by atoms with Gasteiger partial charge in [-0.25, -0.2) is 15.0 Å². The number of halogens is 2. The van der Waals surface area contributed by atoms with Gasteiger partial charge in [-0.3, -0.25) is 4.68 Å². The number of methoxy groups -OCH3 is 1. The van der Waals surface area contributed by atoms with E-state index in [0.29, 0.717) is 23.8 Å². The zero-order chi connectivity index (χ0) is 12.4. The lowest BCUT2D eigenvalue weighted by Gasteiger charge is -1.99. The number of hydrogen-bond donors (Lipinski definition) is 0. The Hall–Kier alpha value is -1.24. The van der Waals surface area contributed by atoms with E-state index in [1.54, 1.807) is 18.8 Å². The zero-order valence-electron chi connectivity index (χ0n) is 9.18. The third kappa shape index (κ3) is 2.38. The van der Waals surface area contributed by atoms with Gasteiger partial charge in [0.25, 0.3) is 0 Å². The molecule has 90 valence electrons. The van der Waals surface area contributed by atoms with Crippen molar-refractivity contribution in [1.29, 1.82) is 0 Å². The van der Waals surface area contributed by atoms with Gasteiger partial charge in [0.15, 0.2) is 11.6 Å². The summed E-state index contributed by atoms with van der Waals surface area (Å²) < 4.78 is 6.59. The number of hydrogen-bond acceptors (Lipinski definition) is 5. The lowest BCUT2D eigenvalue weighted by Crippen LogP contribution is -2.00. The van der Waals surface area contributed by atoms with Gasteiger partial charge in [-0.15, -0.1) is 0 Å². The lowest BCUT2D eigenvalue weighted by atomic mass is 10.3. The van der Waals surface area contributed by atoms with Crippen molar-refractivity contribution in [2.75, 3.05) is 7.11 Å². The molecule has 0 fully saturated rings. The van der Waals surface area contributed by atoms with Crippen molar-refractivity contribution in [3.05, 3.63) is 22.5 Å². The van der Waals surface area contributed by atoms with Crippen LogP contribution >= 0.6 is 23.2 Å². The van der Waals surface area contributed by atoms with E-state index in [0.717, 1.165) is 0 Å². The molecule has 0 radical (unpaired) electrons. The molecule has 0 saturated carbocycles. The maximum atomic E-state index is 5.95. The number of aryl methyl sites for hydroxylation is 1. The molecule has 2 heterocycles. The van der Waals surface area contributed by atoms with Crippen molar-refractivity contribution in [2.24, 2.45) is 7.05 Å². The van der Waals surface area contributed by atoms with Gasteiger partial charge in [-0.2, -0.15) is 5.10 Å². The van der Waals surface area contributed by atoms with Crippen LogP contribution in [0, 0.1) is 0 Å². The van der Waals surface area contributed by atoms with Crippen LogP contribution in [0.15, 0.2) is 6.33 Å². The molecule has 2 aromatic heterocycles. The Morgan fingerprint density at radius 2 is 1.94 bits per heavy atom. The van der Waals surface area contributed by atoms with Crippen LogP contribution in [0.2, 0.25) is 10.3 Å². The summed E-state index contributed by atoms with van der Waals surface area (Å²) in [6, 6.07) is 0. The maximum absolute atomic E-state index is 5.95. The summed E-state index contributed by atoms with van der Waals surface area (Å²) >= 11 is 11.9. The monoisotopic (exact) mass is 273 g/mol. The normalized spacial score (nSPS) is 10.8. The second kappa shape index (κ2) is 4.95.